The lowest BCUT2D eigenvalue weighted by Gasteiger charge is -1.87. The third-order valence-electron chi connectivity index (χ3n) is 0.516. The first-order chi connectivity index (χ1) is 4.81. The van der Waals surface area contributed by atoms with Gasteiger partial charge in [0.2, 0.25) is 0 Å². The number of rotatable bonds is 1. The molecule has 0 atom stereocenters. The molecule has 70 valence electrons. The lowest BCUT2D eigenvalue weighted by molar-refractivity contribution is -0.140. The van der Waals surface area contributed by atoms with Crippen LogP contribution in [0.15, 0.2) is 0 Å². The van der Waals surface area contributed by atoms with Gasteiger partial charge in [0.1, 0.15) is 6.79 Å². The highest BCUT2D eigenvalue weighted by molar-refractivity contribution is 5.68. The lowest BCUT2D eigenvalue weighted by atomic mass is 10.5. The van der Waals surface area contributed by atoms with E-state index in [9.17, 15) is 4.79 Å². The molecule has 5 nitrogen and oxygen atoms in total. The highest BCUT2D eigenvalue weighted by Crippen LogP contribution is 1.76. The second-order valence-corrected chi connectivity index (χ2v) is 0.930. The van der Waals surface area contributed by atoms with Gasteiger partial charge >= 0.3 is 5.97 Å². The van der Waals surface area contributed by atoms with Gasteiger partial charge in [-0.2, -0.15) is 0 Å². The topological polar surface area (TPSA) is 95.1 Å². The van der Waals surface area contributed by atoms with Gasteiger partial charge in [-0.25, -0.2) is 0 Å². The monoisotopic (exact) mass is 168 g/mol. The summed E-state index contributed by atoms with van der Waals surface area (Å²) in [7, 11) is 2.38. The van der Waals surface area contributed by atoms with Crippen LogP contribution in [-0.2, 0) is 14.3 Å². The Balaban J connectivity index is -0.0000000428. The zero-order valence-electron chi connectivity index (χ0n) is 7.09. The van der Waals surface area contributed by atoms with Crippen LogP contribution in [0.4, 0.5) is 0 Å². The number of carbonyl (C=O) groups excluding carboxylic acids is 2. The predicted octanol–water partition coefficient (Wildman–Crippen LogP) is -0.832. The maximum Gasteiger partial charge on any atom is 0.305 e. The van der Waals surface area contributed by atoms with Crippen molar-refractivity contribution in [2.45, 2.75) is 13.3 Å². The molecular formula is C6H16O5. The first-order valence-corrected chi connectivity index (χ1v) is 2.61. The van der Waals surface area contributed by atoms with Gasteiger partial charge in [-0.15, -0.1) is 0 Å². The Labute approximate surface area is 66.3 Å². The molecule has 0 unspecified atom stereocenters. The fourth-order valence-electron chi connectivity index (χ4n) is 0.144. The van der Waals surface area contributed by atoms with E-state index in [0.29, 0.717) is 6.42 Å². The van der Waals surface area contributed by atoms with E-state index >= 15 is 0 Å². The maximum atomic E-state index is 9.96. The standard InChI is InChI=1S/C4H8O2.CH4O.CH2O.H2O/c1-3-4(5)6-2;2*1-2;/h3H2,1-2H3;2H,1H3;1H2;1H2. The fraction of sp³-hybridized carbons (Fsp3) is 0.667. The predicted molar refractivity (Wildman–Crippen MR) is 41.2 cm³/mol. The van der Waals surface area contributed by atoms with Gasteiger partial charge in [0.05, 0.1) is 7.11 Å². The van der Waals surface area contributed by atoms with Crippen LogP contribution < -0.4 is 0 Å². The zero-order chi connectivity index (χ0) is 8.99. The summed E-state index contributed by atoms with van der Waals surface area (Å²) in [6, 6.07) is 0. The Morgan fingerprint density at radius 1 is 1.45 bits per heavy atom. The molecule has 0 saturated heterocycles. The van der Waals surface area contributed by atoms with Crippen molar-refractivity contribution in [3.05, 3.63) is 0 Å². The summed E-state index contributed by atoms with van der Waals surface area (Å²) >= 11 is 0. The van der Waals surface area contributed by atoms with Crippen molar-refractivity contribution >= 4 is 12.8 Å². The quantitative estimate of drug-likeness (QED) is 0.517. The fourth-order valence-corrected chi connectivity index (χ4v) is 0.144. The molecule has 5 heteroatoms. The van der Waals surface area contributed by atoms with Crippen molar-refractivity contribution in [1.29, 1.82) is 0 Å². The highest BCUT2D eigenvalue weighted by atomic mass is 16.5. The summed E-state index contributed by atoms with van der Waals surface area (Å²) in [5, 5.41) is 7.00. The number of hydrogen-bond donors (Lipinski definition) is 1. The smallest absolute Gasteiger partial charge is 0.305 e. The number of ether oxygens (including phenoxy) is 1. The molecule has 0 saturated carbocycles. The van der Waals surface area contributed by atoms with Crippen molar-refractivity contribution in [2.75, 3.05) is 14.2 Å². The molecule has 0 aliphatic heterocycles. The van der Waals surface area contributed by atoms with Crippen LogP contribution in [0.2, 0.25) is 0 Å². The van der Waals surface area contributed by atoms with E-state index < -0.39 is 0 Å². The Morgan fingerprint density at radius 2 is 1.73 bits per heavy atom. The summed E-state index contributed by atoms with van der Waals surface area (Å²) in [4.78, 5) is 18.0. The number of hydrogen-bond acceptors (Lipinski definition) is 4. The molecule has 0 rings (SSSR count). The summed E-state index contributed by atoms with van der Waals surface area (Å²) < 4.78 is 4.26. The number of aliphatic hydroxyl groups is 1. The van der Waals surface area contributed by atoms with Crippen molar-refractivity contribution in [3.63, 3.8) is 0 Å². The van der Waals surface area contributed by atoms with Crippen LogP contribution in [0, 0.1) is 0 Å². The molecular weight excluding hydrogens is 152 g/mol. The Bertz CT molecular complexity index is 58.0. The molecule has 0 radical (unpaired) electrons. The molecule has 0 aliphatic rings. The second-order valence-electron chi connectivity index (χ2n) is 0.930. The van der Waals surface area contributed by atoms with E-state index in [4.69, 9.17) is 9.90 Å². The number of aliphatic hydroxyl groups excluding tert-OH is 1. The minimum absolute atomic E-state index is 0. The van der Waals surface area contributed by atoms with E-state index in [1.165, 1.54) is 7.11 Å². The molecule has 0 aromatic rings. The normalized spacial score (nSPS) is 5.09. The first kappa shape index (κ1) is 22.5. The van der Waals surface area contributed by atoms with E-state index in [1.54, 1.807) is 6.92 Å². The van der Waals surface area contributed by atoms with Gasteiger partial charge in [-0.05, 0) is 0 Å². The van der Waals surface area contributed by atoms with E-state index in [0.717, 1.165) is 7.11 Å². The molecule has 0 heterocycles. The average molecular weight is 168 g/mol. The number of carbonyl (C=O) groups is 2. The van der Waals surface area contributed by atoms with E-state index in [1.807, 2.05) is 6.79 Å². The van der Waals surface area contributed by atoms with Gasteiger partial charge in [0.15, 0.2) is 0 Å². The largest absolute Gasteiger partial charge is 0.469 e. The van der Waals surface area contributed by atoms with Crippen LogP contribution in [0.5, 0.6) is 0 Å². The van der Waals surface area contributed by atoms with Gasteiger partial charge in [-0.1, -0.05) is 6.92 Å². The van der Waals surface area contributed by atoms with Crippen molar-refractivity contribution in [2.24, 2.45) is 0 Å². The Kier molecular flexibility index (Phi) is 73.0. The third kappa shape index (κ3) is 48.2. The van der Waals surface area contributed by atoms with Gasteiger partial charge in [-0.3, -0.25) is 4.79 Å². The van der Waals surface area contributed by atoms with Gasteiger partial charge < -0.3 is 20.1 Å². The Morgan fingerprint density at radius 3 is 1.73 bits per heavy atom. The van der Waals surface area contributed by atoms with E-state index in [2.05, 4.69) is 4.74 Å². The highest BCUT2D eigenvalue weighted by Gasteiger charge is 1.87. The minimum Gasteiger partial charge on any atom is -0.469 e. The second kappa shape index (κ2) is 35.7. The maximum absolute atomic E-state index is 9.96. The van der Waals surface area contributed by atoms with Crippen molar-refractivity contribution < 1.29 is 24.9 Å². The molecule has 3 N–H and O–H groups in total. The number of methoxy groups -OCH3 is 1. The third-order valence-corrected chi connectivity index (χ3v) is 0.516. The van der Waals surface area contributed by atoms with Crippen LogP contribution >= 0.6 is 0 Å². The lowest BCUT2D eigenvalue weighted by Crippen LogP contribution is -1.94. The number of esters is 1. The van der Waals surface area contributed by atoms with Gasteiger partial charge in [0, 0.05) is 13.5 Å². The van der Waals surface area contributed by atoms with Crippen LogP contribution in [0.3, 0.4) is 0 Å². The zero-order valence-corrected chi connectivity index (χ0v) is 7.09. The molecule has 0 aromatic carbocycles. The summed E-state index contributed by atoms with van der Waals surface area (Å²) in [6.45, 7) is 3.76. The molecule has 0 aromatic heterocycles. The van der Waals surface area contributed by atoms with Gasteiger partial charge in [0.25, 0.3) is 0 Å². The average Bonchev–Trinajstić information content (AvgIpc) is 2.10. The summed E-state index contributed by atoms with van der Waals surface area (Å²) in [6.07, 6.45) is 0.469. The summed E-state index contributed by atoms with van der Waals surface area (Å²) in [5.41, 5.74) is 0. The molecule has 0 bridgehead atoms. The molecule has 0 fully saturated rings. The van der Waals surface area contributed by atoms with E-state index in [-0.39, 0.29) is 11.4 Å². The molecule has 0 aliphatic carbocycles. The molecule has 0 spiro atoms. The Hall–Kier alpha value is -0.940. The van der Waals surface area contributed by atoms with Crippen LogP contribution in [0.25, 0.3) is 0 Å². The summed E-state index contributed by atoms with van der Waals surface area (Å²) in [5.74, 6) is -0.157. The molecule has 11 heavy (non-hydrogen) atoms. The van der Waals surface area contributed by atoms with Crippen molar-refractivity contribution in [1.82, 2.24) is 0 Å². The van der Waals surface area contributed by atoms with Crippen LogP contribution in [-0.4, -0.2) is 37.6 Å². The molecule has 0 amide bonds. The first-order valence-electron chi connectivity index (χ1n) is 2.61. The minimum atomic E-state index is -0.157. The SMILES string of the molecule is C=O.CCC(=O)OC.CO.O. The van der Waals surface area contributed by atoms with Crippen molar-refractivity contribution in [3.8, 4) is 0 Å². The van der Waals surface area contributed by atoms with Crippen LogP contribution in [0.1, 0.15) is 13.3 Å².